The first kappa shape index (κ1) is 18.9. The number of rotatable bonds is 4. The monoisotopic (exact) mass is 402 g/mol. The molecule has 148 valence electrons. The van der Waals surface area contributed by atoms with E-state index >= 15 is 0 Å². The number of pyridine rings is 1. The van der Waals surface area contributed by atoms with E-state index in [-0.39, 0.29) is 10.9 Å². The molecule has 0 aliphatic carbocycles. The van der Waals surface area contributed by atoms with Crippen molar-refractivity contribution in [1.82, 2.24) is 14.3 Å². The minimum atomic E-state index is -3.66. The molecular weight excluding hydrogens is 379 g/mol. The highest BCUT2D eigenvalue weighted by Gasteiger charge is 2.36. The van der Waals surface area contributed by atoms with Gasteiger partial charge in [0.2, 0.25) is 10.0 Å². The van der Waals surface area contributed by atoms with Crippen LogP contribution in [-0.4, -0.2) is 48.9 Å². The van der Waals surface area contributed by atoms with E-state index in [4.69, 9.17) is 0 Å². The molecule has 2 aromatic heterocycles. The number of aromatic nitrogens is 2. The fraction of sp³-hybridized carbons (Fsp3) is 0.350. The third kappa shape index (κ3) is 3.27. The molecule has 0 radical (unpaired) electrons. The van der Waals surface area contributed by atoms with Gasteiger partial charge in [-0.25, -0.2) is 17.8 Å². The number of nitrogens with zero attached hydrogens (tertiary/aromatic N) is 3. The Bertz CT molecular complexity index is 1080. The molecule has 1 N–H and O–H groups in total. The van der Waals surface area contributed by atoms with Crippen LogP contribution >= 0.6 is 0 Å². The van der Waals surface area contributed by atoms with Crippen molar-refractivity contribution in [3.8, 4) is 0 Å². The van der Waals surface area contributed by atoms with Gasteiger partial charge in [-0.1, -0.05) is 6.92 Å². The molecule has 0 saturated carbocycles. The summed E-state index contributed by atoms with van der Waals surface area (Å²) in [6, 6.07) is 8.97. The number of nitrogens with one attached hydrogen (secondary N) is 1. The SMILES string of the molecule is CC1CCN(S(=O)(=O)c2ccc(F)cc2)CC1N(C)c1ccnc2[nH]ccc12. The van der Waals surface area contributed by atoms with Gasteiger partial charge in [0.25, 0.3) is 0 Å². The molecule has 1 saturated heterocycles. The summed E-state index contributed by atoms with van der Waals surface area (Å²) in [5.74, 6) is -0.121. The minimum Gasteiger partial charge on any atom is -0.369 e. The predicted molar refractivity (Wildman–Crippen MR) is 107 cm³/mol. The summed E-state index contributed by atoms with van der Waals surface area (Å²) >= 11 is 0. The van der Waals surface area contributed by atoms with Crippen LogP contribution in [0.1, 0.15) is 13.3 Å². The Morgan fingerprint density at radius 2 is 1.96 bits per heavy atom. The lowest BCUT2D eigenvalue weighted by Crippen LogP contribution is -2.52. The molecule has 0 spiro atoms. The summed E-state index contributed by atoms with van der Waals surface area (Å²) in [6.07, 6.45) is 4.37. The summed E-state index contributed by atoms with van der Waals surface area (Å²) in [5, 5.41) is 1.01. The zero-order chi connectivity index (χ0) is 19.9. The molecule has 1 aliphatic rings. The highest BCUT2D eigenvalue weighted by molar-refractivity contribution is 7.89. The van der Waals surface area contributed by atoms with Gasteiger partial charge in [0.05, 0.1) is 4.90 Å². The van der Waals surface area contributed by atoms with Gasteiger partial charge in [-0.15, -0.1) is 0 Å². The third-order valence-electron chi connectivity index (χ3n) is 5.65. The van der Waals surface area contributed by atoms with E-state index in [0.717, 1.165) is 23.1 Å². The van der Waals surface area contributed by atoms with Crippen LogP contribution in [0.3, 0.4) is 0 Å². The smallest absolute Gasteiger partial charge is 0.243 e. The van der Waals surface area contributed by atoms with Crippen LogP contribution in [0.4, 0.5) is 10.1 Å². The van der Waals surface area contributed by atoms with Gasteiger partial charge < -0.3 is 9.88 Å². The van der Waals surface area contributed by atoms with Gasteiger partial charge >= 0.3 is 0 Å². The van der Waals surface area contributed by atoms with Crippen molar-refractivity contribution in [3.05, 3.63) is 54.6 Å². The first-order chi connectivity index (χ1) is 13.4. The van der Waals surface area contributed by atoms with Gasteiger partial charge in [0.15, 0.2) is 0 Å². The number of hydrogen-bond donors (Lipinski definition) is 1. The van der Waals surface area contributed by atoms with Crippen molar-refractivity contribution < 1.29 is 12.8 Å². The van der Waals surface area contributed by atoms with Crippen LogP contribution in [0.5, 0.6) is 0 Å². The zero-order valence-electron chi connectivity index (χ0n) is 15.8. The van der Waals surface area contributed by atoms with Crippen LogP contribution in [0.15, 0.2) is 53.7 Å². The fourth-order valence-corrected chi connectivity index (χ4v) is 5.40. The molecule has 1 aromatic carbocycles. The summed E-state index contributed by atoms with van der Waals surface area (Å²) in [5.41, 5.74) is 1.83. The van der Waals surface area contributed by atoms with Crippen molar-refractivity contribution in [2.24, 2.45) is 5.92 Å². The molecule has 2 unspecified atom stereocenters. The van der Waals surface area contributed by atoms with E-state index in [2.05, 4.69) is 21.8 Å². The molecule has 2 atom stereocenters. The van der Waals surface area contributed by atoms with Gasteiger partial charge in [-0.2, -0.15) is 4.31 Å². The van der Waals surface area contributed by atoms with Gasteiger partial charge in [-0.05, 0) is 48.7 Å². The number of sulfonamides is 1. The predicted octanol–water partition coefficient (Wildman–Crippen LogP) is 3.24. The molecule has 1 fully saturated rings. The average molecular weight is 402 g/mol. The molecule has 4 rings (SSSR count). The van der Waals surface area contributed by atoms with Crippen molar-refractivity contribution in [3.63, 3.8) is 0 Å². The van der Waals surface area contributed by atoms with E-state index in [1.165, 1.54) is 28.6 Å². The van der Waals surface area contributed by atoms with Crippen LogP contribution in [-0.2, 0) is 10.0 Å². The van der Waals surface area contributed by atoms with Gasteiger partial charge in [0, 0.05) is 49.6 Å². The van der Waals surface area contributed by atoms with Crippen molar-refractivity contribution >= 4 is 26.7 Å². The number of fused-ring (bicyclic) bond motifs is 1. The van der Waals surface area contributed by atoms with E-state index < -0.39 is 15.8 Å². The van der Waals surface area contributed by atoms with Gasteiger partial charge in [0.1, 0.15) is 11.5 Å². The fourth-order valence-electron chi connectivity index (χ4n) is 3.93. The second-order valence-corrected chi connectivity index (χ2v) is 9.27. The zero-order valence-corrected chi connectivity index (χ0v) is 16.7. The standard InChI is InChI=1S/C20H23FN4O2S/c1-14-9-12-25(28(26,27)16-5-3-15(21)4-6-16)13-19(14)24(2)18-8-11-23-20-17(18)7-10-22-20/h3-8,10-11,14,19H,9,12-13H2,1-2H3,(H,22,23). The number of H-pyrrole nitrogens is 1. The largest absolute Gasteiger partial charge is 0.369 e. The number of hydrogen-bond acceptors (Lipinski definition) is 4. The molecule has 28 heavy (non-hydrogen) atoms. The van der Waals surface area contributed by atoms with Crippen LogP contribution < -0.4 is 4.90 Å². The first-order valence-corrected chi connectivity index (χ1v) is 10.7. The highest BCUT2D eigenvalue weighted by Crippen LogP contribution is 2.32. The van der Waals surface area contributed by atoms with Crippen molar-refractivity contribution in [1.29, 1.82) is 0 Å². The number of likely N-dealkylation sites (N-methyl/N-ethyl adjacent to an activating group) is 1. The Morgan fingerprint density at radius 1 is 1.21 bits per heavy atom. The molecule has 3 heterocycles. The first-order valence-electron chi connectivity index (χ1n) is 9.28. The van der Waals surface area contributed by atoms with E-state index in [1.54, 1.807) is 6.20 Å². The molecule has 3 aromatic rings. The van der Waals surface area contributed by atoms with Crippen molar-refractivity contribution in [2.75, 3.05) is 25.0 Å². The van der Waals surface area contributed by atoms with E-state index in [1.807, 2.05) is 25.4 Å². The number of halogens is 1. The maximum absolute atomic E-state index is 13.2. The maximum atomic E-state index is 13.2. The number of aromatic amines is 1. The van der Waals surface area contributed by atoms with Crippen LogP contribution in [0, 0.1) is 11.7 Å². The minimum absolute atomic E-state index is 0.0180. The van der Waals surface area contributed by atoms with E-state index in [0.29, 0.717) is 19.0 Å². The van der Waals surface area contributed by atoms with Crippen molar-refractivity contribution in [2.45, 2.75) is 24.3 Å². The Morgan fingerprint density at radius 3 is 2.71 bits per heavy atom. The van der Waals surface area contributed by atoms with Crippen LogP contribution in [0.2, 0.25) is 0 Å². The summed E-state index contributed by atoms with van der Waals surface area (Å²) < 4.78 is 40.8. The molecule has 6 nitrogen and oxygen atoms in total. The number of anilines is 1. The number of benzene rings is 1. The lowest BCUT2D eigenvalue weighted by Gasteiger charge is -2.42. The van der Waals surface area contributed by atoms with Gasteiger partial charge in [-0.3, -0.25) is 0 Å². The summed E-state index contributed by atoms with van der Waals surface area (Å²) in [4.78, 5) is 9.72. The molecule has 1 aliphatic heterocycles. The highest BCUT2D eigenvalue weighted by atomic mass is 32.2. The van der Waals surface area contributed by atoms with Crippen LogP contribution in [0.25, 0.3) is 11.0 Å². The third-order valence-corrected chi connectivity index (χ3v) is 7.53. The molecular formula is C20H23FN4O2S. The second-order valence-electron chi connectivity index (χ2n) is 7.33. The van der Waals surface area contributed by atoms with E-state index in [9.17, 15) is 12.8 Å². The average Bonchev–Trinajstić information content (AvgIpc) is 3.17. The summed E-state index contributed by atoms with van der Waals surface area (Å²) in [6.45, 7) is 2.99. The Labute approximate surface area is 164 Å². The molecule has 0 bridgehead atoms. The number of piperidine rings is 1. The lowest BCUT2D eigenvalue weighted by molar-refractivity contribution is 0.248. The topological polar surface area (TPSA) is 69.3 Å². The maximum Gasteiger partial charge on any atom is 0.243 e. The molecule has 0 amide bonds. The Hall–Kier alpha value is -2.45. The second kappa shape index (κ2) is 7.18. The normalized spacial score (nSPS) is 21.1. The quantitative estimate of drug-likeness (QED) is 0.727. The lowest BCUT2D eigenvalue weighted by atomic mass is 9.93. The Kier molecular flexibility index (Phi) is 4.84. The molecule has 8 heteroatoms. The summed E-state index contributed by atoms with van der Waals surface area (Å²) in [7, 11) is -1.66. The Balaban J connectivity index is 1.63.